The number of hydrogen-bond acceptors (Lipinski definition) is 3. The third-order valence-electron chi connectivity index (χ3n) is 5.15. The molecule has 1 amide bonds. The molecule has 1 aliphatic heterocycles. The summed E-state index contributed by atoms with van der Waals surface area (Å²) in [6.07, 6.45) is 2.12. The Morgan fingerprint density at radius 2 is 2.04 bits per heavy atom. The molecule has 2 aromatic rings. The number of hydrogen-bond donors (Lipinski definition) is 2. The fourth-order valence-electron chi connectivity index (χ4n) is 3.77. The van der Waals surface area contributed by atoms with Crippen molar-refractivity contribution in [2.75, 3.05) is 32.6 Å². The van der Waals surface area contributed by atoms with Crippen molar-refractivity contribution in [3.05, 3.63) is 52.5 Å². The molecule has 6 heteroatoms. The number of carbonyl (C=O) groups excluding carboxylic acids is 1. The van der Waals surface area contributed by atoms with Crippen molar-refractivity contribution in [2.24, 2.45) is 0 Å². The molecule has 3 rings (SSSR count). The molecule has 0 bridgehead atoms. The standard InChI is InChI=1S/C21H25ClN2O3/c1-14-11-15(22)6-9-18(14)23-21(25)13-24-10-4-5-19(24)17-8-7-16(26-2)12-20(17)27-3/h6-9,11-12,19H,4-5,10,13H2,1-3H3,(H,23,25)/p+1/t19-/m0/s1. The van der Waals surface area contributed by atoms with E-state index in [2.05, 4.69) is 11.4 Å². The maximum atomic E-state index is 12.6. The summed E-state index contributed by atoms with van der Waals surface area (Å²) >= 11 is 5.99. The summed E-state index contributed by atoms with van der Waals surface area (Å²) in [5.41, 5.74) is 2.89. The molecule has 1 unspecified atom stereocenters. The molecule has 1 saturated heterocycles. The van der Waals surface area contributed by atoms with Gasteiger partial charge >= 0.3 is 0 Å². The van der Waals surface area contributed by atoms with E-state index in [0.717, 1.165) is 47.7 Å². The van der Waals surface area contributed by atoms with Gasteiger partial charge in [0, 0.05) is 29.6 Å². The monoisotopic (exact) mass is 389 g/mol. The van der Waals surface area contributed by atoms with Crippen LogP contribution in [-0.4, -0.2) is 33.2 Å². The molecule has 2 atom stereocenters. The van der Waals surface area contributed by atoms with E-state index in [1.807, 2.05) is 31.2 Å². The zero-order chi connectivity index (χ0) is 19.4. The summed E-state index contributed by atoms with van der Waals surface area (Å²) < 4.78 is 10.9. The first-order valence-electron chi connectivity index (χ1n) is 9.14. The summed E-state index contributed by atoms with van der Waals surface area (Å²) in [5.74, 6) is 1.59. The van der Waals surface area contributed by atoms with Gasteiger partial charge in [-0.05, 0) is 42.8 Å². The topological polar surface area (TPSA) is 52.0 Å². The number of nitrogens with one attached hydrogen (secondary N) is 2. The maximum absolute atomic E-state index is 12.6. The molecule has 0 aromatic heterocycles. The first kappa shape index (κ1) is 19.5. The van der Waals surface area contributed by atoms with E-state index in [1.54, 1.807) is 20.3 Å². The Morgan fingerprint density at radius 1 is 1.22 bits per heavy atom. The fourth-order valence-corrected chi connectivity index (χ4v) is 4.00. The summed E-state index contributed by atoms with van der Waals surface area (Å²) in [5, 5.41) is 3.68. The molecule has 0 radical (unpaired) electrons. The van der Waals surface area contributed by atoms with E-state index in [0.29, 0.717) is 11.6 Å². The number of amides is 1. The summed E-state index contributed by atoms with van der Waals surface area (Å²) in [6, 6.07) is 11.6. The number of quaternary nitrogens is 1. The highest BCUT2D eigenvalue weighted by Gasteiger charge is 2.33. The molecule has 144 valence electrons. The van der Waals surface area contributed by atoms with Crippen LogP contribution in [0.1, 0.15) is 30.0 Å². The van der Waals surface area contributed by atoms with Crippen LogP contribution in [0.25, 0.3) is 0 Å². The largest absolute Gasteiger partial charge is 0.497 e. The van der Waals surface area contributed by atoms with Gasteiger partial charge in [0.15, 0.2) is 6.54 Å². The average molecular weight is 390 g/mol. The molecule has 1 aliphatic rings. The van der Waals surface area contributed by atoms with Crippen LogP contribution in [0.2, 0.25) is 5.02 Å². The van der Waals surface area contributed by atoms with Crippen LogP contribution >= 0.6 is 11.6 Å². The quantitative estimate of drug-likeness (QED) is 0.798. The molecular weight excluding hydrogens is 364 g/mol. The third kappa shape index (κ3) is 4.54. The van der Waals surface area contributed by atoms with Gasteiger partial charge in [0.1, 0.15) is 17.5 Å². The van der Waals surface area contributed by atoms with Gasteiger partial charge in [-0.3, -0.25) is 4.79 Å². The highest BCUT2D eigenvalue weighted by atomic mass is 35.5. The van der Waals surface area contributed by atoms with E-state index in [4.69, 9.17) is 21.1 Å². The van der Waals surface area contributed by atoms with E-state index < -0.39 is 0 Å². The summed E-state index contributed by atoms with van der Waals surface area (Å²) in [7, 11) is 3.31. The number of benzene rings is 2. The van der Waals surface area contributed by atoms with Crippen molar-refractivity contribution in [1.82, 2.24) is 0 Å². The Kier molecular flexibility index (Phi) is 6.24. The van der Waals surface area contributed by atoms with Crippen molar-refractivity contribution in [2.45, 2.75) is 25.8 Å². The van der Waals surface area contributed by atoms with Crippen LogP contribution in [0.15, 0.2) is 36.4 Å². The first-order chi connectivity index (χ1) is 13.0. The molecule has 5 nitrogen and oxygen atoms in total. The SMILES string of the molecule is COc1ccc([C@@H]2CCC[NH+]2CC(=O)Nc2ccc(Cl)cc2C)c(OC)c1. The minimum absolute atomic E-state index is 0.00907. The van der Waals surface area contributed by atoms with Gasteiger partial charge in [-0.1, -0.05) is 11.6 Å². The van der Waals surface area contributed by atoms with Gasteiger partial charge in [0.05, 0.1) is 26.3 Å². The minimum atomic E-state index is 0.00907. The normalized spacial score (nSPS) is 19.0. The predicted molar refractivity (Wildman–Crippen MR) is 107 cm³/mol. The number of rotatable bonds is 6. The van der Waals surface area contributed by atoms with E-state index in [-0.39, 0.29) is 11.9 Å². The van der Waals surface area contributed by atoms with Gasteiger partial charge in [-0.2, -0.15) is 0 Å². The van der Waals surface area contributed by atoms with E-state index in [1.165, 1.54) is 4.90 Å². The molecular formula is C21H26ClN2O3+. The van der Waals surface area contributed by atoms with Gasteiger partial charge in [-0.25, -0.2) is 0 Å². The molecule has 2 N–H and O–H groups in total. The molecule has 1 heterocycles. The van der Waals surface area contributed by atoms with Crippen molar-refractivity contribution >= 4 is 23.2 Å². The van der Waals surface area contributed by atoms with Crippen molar-refractivity contribution in [1.29, 1.82) is 0 Å². The lowest BCUT2D eigenvalue weighted by Gasteiger charge is -2.23. The Labute approximate surface area is 165 Å². The zero-order valence-corrected chi connectivity index (χ0v) is 16.7. The number of likely N-dealkylation sites (tertiary alicyclic amines) is 1. The number of anilines is 1. The van der Waals surface area contributed by atoms with Gasteiger partial charge in [-0.15, -0.1) is 0 Å². The molecule has 27 heavy (non-hydrogen) atoms. The molecule has 2 aromatic carbocycles. The molecule has 0 aliphatic carbocycles. The van der Waals surface area contributed by atoms with E-state index >= 15 is 0 Å². The second kappa shape index (κ2) is 8.63. The van der Waals surface area contributed by atoms with Crippen molar-refractivity contribution in [3.63, 3.8) is 0 Å². The van der Waals surface area contributed by atoms with Gasteiger partial charge in [0.25, 0.3) is 5.91 Å². The maximum Gasteiger partial charge on any atom is 0.279 e. The van der Waals surface area contributed by atoms with Crippen LogP contribution in [-0.2, 0) is 4.79 Å². The highest BCUT2D eigenvalue weighted by molar-refractivity contribution is 6.30. The first-order valence-corrected chi connectivity index (χ1v) is 9.52. The molecule has 0 spiro atoms. The van der Waals surface area contributed by atoms with Crippen LogP contribution < -0.4 is 19.7 Å². The number of methoxy groups -OCH3 is 2. The third-order valence-corrected chi connectivity index (χ3v) is 5.38. The fraction of sp³-hybridized carbons (Fsp3) is 0.381. The van der Waals surface area contributed by atoms with Crippen molar-refractivity contribution in [3.8, 4) is 11.5 Å². The molecule has 0 saturated carbocycles. The lowest BCUT2D eigenvalue weighted by molar-refractivity contribution is -0.910. The van der Waals surface area contributed by atoms with Crippen LogP contribution in [0.5, 0.6) is 11.5 Å². The van der Waals surface area contributed by atoms with Crippen LogP contribution in [0.4, 0.5) is 5.69 Å². The predicted octanol–water partition coefficient (Wildman–Crippen LogP) is 3.02. The van der Waals surface area contributed by atoms with Gasteiger partial charge < -0.3 is 19.7 Å². The number of halogens is 1. The summed E-state index contributed by atoms with van der Waals surface area (Å²) in [6.45, 7) is 3.32. The Hall–Kier alpha value is -2.24. The lowest BCUT2D eigenvalue weighted by Crippen LogP contribution is -3.11. The molecule has 1 fully saturated rings. The minimum Gasteiger partial charge on any atom is -0.497 e. The average Bonchev–Trinajstić information content (AvgIpc) is 3.11. The number of carbonyl (C=O) groups is 1. The highest BCUT2D eigenvalue weighted by Crippen LogP contribution is 2.31. The zero-order valence-electron chi connectivity index (χ0n) is 16.0. The Bertz CT molecular complexity index is 825. The van der Waals surface area contributed by atoms with E-state index in [9.17, 15) is 4.79 Å². The number of ether oxygens (including phenoxy) is 2. The lowest BCUT2D eigenvalue weighted by atomic mass is 10.0. The summed E-state index contributed by atoms with van der Waals surface area (Å²) in [4.78, 5) is 13.9. The second-order valence-electron chi connectivity index (χ2n) is 6.90. The van der Waals surface area contributed by atoms with Crippen LogP contribution in [0.3, 0.4) is 0 Å². The number of aryl methyl sites for hydroxylation is 1. The Morgan fingerprint density at radius 3 is 2.74 bits per heavy atom. The second-order valence-corrected chi connectivity index (χ2v) is 7.33. The van der Waals surface area contributed by atoms with Gasteiger partial charge in [0.2, 0.25) is 0 Å². The smallest absolute Gasteiger partial charge is 0.279 e. The Balaban J connectivity index is 1.72. The van der Waals surface area contributed by atoms with Crippen molar-refractivity contribution < 1.29 is 19.2 Å². The van der Waals surface area contributed by atoms with Crippen LogP contribution in [0, 0.1) is 6.92 Å².